The number of rotatable bonds is 8. The number of benzene rings is 2. The molecule has 0 saturated heterocycles. The quantitative estimate of drug-likeness (QED) is 0.808. The summed E-state index contributed by atoms with van der Waals surface area (Å²) >= 11 is 0. The van der Waals surface area contributed by atoms with Gasteiger partial charge in [0.1, 0.15) is 5.75 Å². The molecule has 0 spiro atoms. The first-order valence-electron chi connectivity index (χ1n) is 7.24. The third-order valence-electron chi connectivity index (χ3n) is 3.51. The molecule has 1 unspecified atom stereocenters. The van der Waals surface area contributed by atoms with Crippen molar-refractivity contribution in [2.75, 3.05) is 27.4 Å². The molecule has 0 amide bonds. The average molecular weight is 285 g/mol. The zero-order chi connectivity index (χ0) is 14.9. The summed E-state index contributed by atoms with van der Waals surface area (Å²) in [5.74, 6) is 0.947. The Bertz CT molecular complexity index is 528. The summed E-state index contributed by atoms with van der Waals surface area (Å²) in [5, 5.41) is 3.56. The molecule has 0 saturated carbocycles. The topological polar surface area (TPSA) is 30.5 Å². The van der Waals surface area contributed by atoms with Crippen LogP contribution in [0.5, 0.6) is 5.75 Å². The van der Waals surface area contributed by atoms with E-state index in [1.54, 1.807) is 14.2 Å². The fourth-order valence-corrected chi connectivity index (χ4v) is 2.42. The number of hydrogen-bond donors (Lipinski definition) is 1. The Hall–Kier alpha value is -1.84. The number of ether oxygens (including phenoxy) is 2. The van der Waals surface area contributed by atoms with Crippen LogP contribution < -0.4 is 10.1 Å². The Morgan fingerprint density at radius 1 is 0.952 bits per heavy atom. The number of methoxy groups -OCH3 is 2. The number of para-hydroxylation sites is 1. The molecular formula is C18H23NO2. The van der Waals surface area contributed by atoms with Gasteiger partial charge in [0.2, 0.25) is 0 Å². The predicted molar refractivity (Wildman–Crippen MR) is 85.8 cm³/mol. The summed E-state index contributed by atoms with van der Waals surface area (Å²) in [4.78, 5) is 0. The fraction of sp³-hybridized carbons (Fsp3) is 0.333. The second kappa shape index (κ2) is 8.45. The highest BCUT2D eigenvalue weighted by Gasteiger charge is 2.10. The first kappa shape index (κ1) is 15.5. The Balaban J connectivity index is 1.93. The van der Waals surface area contributed by atoms with Crippen LogP contribution in [0.3, 0.4) is 0 Å². The Morgan fingerprint density at radius 2 is 1.67 bits per heavy atom. The van der Waals surface area contributed by atoms with Crippen LogP contribution in [0.1, 0.15) is 17.2 Å². The van der Waals surface area contributed by atoms with Crippen molar-refractivity contribution in [1.82, 2.24) is 5.32 Å². The van der Waals surface area contributed by atoms with Gasteiger partial charge in [-0.3, -0.25) is 0 Å². The predicted octanol–water partition coefficient (Wildman–Crippen LogP) is 3.22. The largest absolute Gasteiger partial charge is 0.496 e. The third-order valence-corrected chi connectivity index (χ3v) is 3.51. The Kier molecular flexibility index (Phi) is 6.25. The smallest absolute Gasteiger partial charge is 0.122 e. The van der Waals surface area contributed by atoms with Gasteiger partial charge in [-0.25, -0.2) is 0 Å². The van der Waals surface area contributed by atoms with E-state index in [1.807, 2.05) is 24.3 Å². The normalized spacial score (nSPS) is 12.1. The summed E-state index contributed by atoms with van der Waals surface area (Å²) in [7, 11) is 3.45. The molecule has 0 radical (unpaired) electrons. The molecule has 2 aromatic carbocycles. The zero-order valence-corrected chi connectivity index (χ0v) is 12.7. The van der Waals surface area contributed by atoms with Crippen molar-refractivity contribution < 1.29 is 9.47 Å². The van der Waals surface area contributed by atoms with Crippen LogP contribution in [-0.2, 0) is 11.2 Å². The molecule has 0 aromatic heterocycles. The average Bonchev–Trinajstić information content (AvgIpc) is 2.55. The molecule has 0 fully saturated rings. The van der Waals surface area contributed by atoms with E-state index in [9.17, 15) is 0 Å². The van der Waals surface area contributed by atoms with Gasteiger partial charge in [-0.1, -0.05) is 48.5 Å². The van der Waals surface area contributed by atoms with Crippen molar-refractivity contribution in [1.29, 1.82) is 0 Å². The lowest BCUT2D eigenvalue weighted by molar-refractivity contribution is 0.167. The third kappa shape index (κ3) is 4.59. The lowest BCUT2D eigenvalue weighted by atomic mass is 10.1. The molecule has 0 aliphatic rings. The fourth-order valence-electron chi connectivity index (χ4n) is 2.42. The van der Waals surface area contributed by atoms with Gasteiger partial charge in [0.05, 0.1) is 19.8 Å². The second-order valence-electron chi connectivity index (χ2n) is 4.93. The maximum absolute atomic E-state index is 5.38. The number of hydrogen-bond acceptors (Lipinski definition) is 3. The first-order chi connectivity index (χ1) is 10.3. The minimum Gasteiger partial charge on any atom is -0.496 e. The van der Waals surface area contributed by atoms with Gasteiger partial charge in [0.15, 0.2) is 0 Å². The molecule has 3 heteroatoms. The molecule has 0 aliphatic carbocycles. The van der Waals surface area contributed by atoms with Crippen molar-refractivity contribution in [2.45, 2.75) is 12.5 Å². The van der Waals surface area contributed by atoms with Crippen LogP contribution in [-0.4, -0.2) is 27.4 Å². The molecule has 3 nitrogen and oxygen atoms in total. The van der Waals surface area contributed by atoms with Crippen LogP contribution in [0.15, 0.2) is 54.6 Å². The van der Waals surface area contributed by atoms with Gasteiger partial charge in [-0.2, -0.15) is 0 Å². The summed E-state index contributed by atoms with van der Waals surface area (Å²) < 4.78 is 10.7. The minimum atomic E-state index is 0.214. The molecule has 1 N–H and O–H groups in total. The van der Waals surface area contributed by atoms with Crippen LogP contribution in [0.25, 0.3) is 0 Å². The second-order valence-corrected chi connectivity index (χ2v) is 4.93. The maximum atomic E-state index is 5.38. The van der Waals surface area contributed by atoms with Crippen molar-refractivity contribution in [3.63, 3.8) is 0 Å². The monoisotopic (exact) mass is 285 g/mol. The molecule has 0 aliphatic heterocycles. The van der Waals surface area contributed by atoms with Crippen LogP contribution >= 0.6 is 0 Å². The van der Waals surface area contributed by atoms with Crippen LogP contribution in [0.4, 0.5) is 0 Å². The molecule has 2 rings (SSSR count). The lowest BCUT2D eigenvalue weighted by Gasteiger charge is -2.18. The van der Waals surface area contributed by atoms with E-state index < -0.39 is 0 Å². The van der Waals surface area contributed by atoms with Crippen molar-refractivity contribution in [3.05, 3.63) is 65.7 Å². The first-order valence-corrected chi connectivity index (χ1v) is 7.24. The lowest BCUT2D eigenvalue weighted by Crippen LogP contribution is -2.27. The summed E-state index contributed by atoms with van der Waals surface area (Å²) in [6.45, 7) is 1.54. The van der Waals surface area contributed by atoms with Gasteiger partial charge in [-0.05, 0) is 30.2 Å². The highest BCUT2D eigenvalue weighted by Crippen LogP contribution is 2.18. The molecule has 0 heterocycles. The Morgan fingerprint density at radius 3 is 2.38 bits per heavy atom. The van der Waals surface area contributed by atoms with E-state index in [0.29, 0.717) is 6.61 Å². The van der Waals surface area contributed by atoms with E-state index in [0.717, 1.165) is 18.7 Å². The van der Waals surface area contributed by atoms with Gasteiger partial charge in [0.25, 0.3) is 0 Å². The molecule has 1 atom stereocenters. The van der Waals surface area contributed by atoms with Crippen LogP contribution in [0, 0.1) is 0 Å². The van der Waals surface area contributed by atoms with E-state index in [4.69, 9.17) is 9.47 Å². The summed E-state index contributed by atoms with van der Waals surface area (Å²) in [6, 6.07) is 18.7. The molecule has 2 aromatic rings. The highest BCUT2D eigenvalue weighted by atomic mass is 16.5. The van der Waals surface area contributed by atoms with E-state index in [2.05, 4.69) is 35.6 Å². The van der Waals surface area contributed by atoms with Crippen LogP contribution in [0.2, 0.25) is 0 Å². The van der Waals surface area contributed by atoms with E-state index >= 15 is 0 Å². The molecule has 21 heavy (non-hydrogen) atoms. The molecule has 112 valence electrons. The van der Waals surface area contributed by atoms with Crippen molar-refractivity contribution >= 4 is 0 Å². The van der Waals surface area contributed by atoms with E-state index in [-0.39, 0.29) is 6.04 Å². The van der Waals surface area contributed by atoms with Crippen molar-refractivity contribution in [3.8, 4) is 5.75 Å². The standard InChI is InChI=1S/C18H23NO2/c1-20-14-17(15-8-4-3-5-9-15)19-13-12-16-10-6-7-11-18(16)21-2/h3-11,17,19H,12-14H2,1-2H3. The zero-order valence-electron chi connectivity index (χ0n) is 12.7. The van der Waals surface area contributed by atoms with Gasteiger partial charge >= 0.3 is 0 Å². The van der Waals surface area contributed by atoms with E-state index in [1.165, 1.54) is 11.1 Å². The SMILES string of the molecule is COCC(NCCc1ccccc1OC)c1ccccc1. The summed E-state index contributed by atoms with van der Waals surface area (Å²) in [5.41, 5.74) is 2.47. The van der Waals surface area contributed by atoms with Gasteiger partial charge in [-0.15, -0.1) is 0 Å². The Labute approximate surface area is 126 Å². The molecular weight excluding hydrogens is 262 g/mol. The van der Waals surface area contributed by atoms with Crippen molar-refractivity contribution in [2.24, 2.45) is 0 Å². The van der Waals surface area contributed by atoms with Gasteiger partial charge in [0, 0.05) is 7.11 Å². The summed E-state index contributed by atoms with van der Waals surface area (Å²) in [6.07, 6.45) is 0.928. The highest BCUT2D eigenvalue weighted by molar-refractivity contribution is 5.33. The van der Waals surface area contributed by atoms with Gasteiger partial charge < -0.3 is 14.8 Å². The maximum Gasteiger partial charge on any atom is 0.122 e. The number of nitrogens with one attached hydrogen (secondary N) is 1. The molecule has 0 bridgehead atoms. The minimum absolute atomic E-state index is 0.214.